The third-order valence-corrected chi connectivity index (χ3v) is 4.55. The molecule has 0 bridgehead atoms. The van der Waals surface area contributed by atoms with E-state index in [1.165, 1.54) is 10.5 Å². The van der Waals surface area contributed by atoms with E-state index in [9.17, 15) is 14.7 Å². The van der Waals surface area contributed by atoms with Crippen LogP contribution in [0.3, 0.4) is 0 Å². The molecular weight excluding hydrogens is 302 g/mol. The van der Waals surface area contributed by atoms with Gasteiger partial charge in [0.15, 0.2) is 0 Å². The van der Waals surface area contributed by atoms with Gasteiger partial charge in [-0.2, -0.15) is 0 Å². The number of fused-ring (bicyclic) bond motifs is 1. The van der Waals surface area contributed by atoms with E-state index in [2.05, 4.69) is 11.4 Å². The Morgan fingerprint density at radius 2 is 2.09 bits per heavy atom. The predicted octanol–water partition coefficient (Wildman–Crippen LogP) is 3.07. The van der Waals surface area contributed by atoms with Crippen LogP contribution in [0.1, 0.15) is 32.8 Å². The molecule has 0 aliphatic carbocycles. The van der Waals surface area contributed by atoms with Gasteiger partial charge in [-0.15, -0.1) is 11.8 Å². The summed E-state index contributed by atoms with van der Waals surface area (Å²) in [6.45, 7) is 5.23. The average Bonchev–Trinajstić information content (AvgIpc) is 2.77. The number of hydrogen-bond donors (Lipinski definition) is 2. The number of ether oxygens (including phenoxy) is 1. The maximum absolute atomic E-state index is 11.8. The average molecular weight is 323 g/mol. The Hall–Kier alpha value is -1.69. The van der Waals surface area contributed by atoms with Crippen LogP contribution in [0.5, 0.6) is 0 Å². The zero-order valence-corrected chi connectivity index (χ0v) is 13.8. The van der Waals surface area contributed by atoms with Crippen LogP contribution in [-0.2, 0) is 16.0 Å². The summed E-state index contributed by atoms with van der Waals surface area (Å²) >= 11 is 1.67. The smallest absolute Gasteiger partial charge is 0.408 e. The summed E-state index contributed by atoms with van der Waals surface area (Å²) in [5.74, 6) is -1.04. The monoisotopic (exact) mass is 323 g/mol. The minimum atomic E-state index is -1.04. The van der Waals surface area contributed by atoms with Gasteiger partial charge in [0.05, 0.1) is 0 Å². The van der Waals surface area contributed by atoms with Gasteiger partial charge in [-0.3, -0.25) is 0 Å². The molecule has 1 aliphatic rings. The molecule has 1 heterocycles. The number of carboxylic acids is 1. The van der Waals surface area contributed by atoms with Crippen molar-refractivity contribution in [3.05, 3.63) is 29.8 Å². The Kier molecular flexibility index (Phi) is 5.01. The van der Waals surface area contributed by atoms with Crippen LogP contribution in [-0.4, -0.2) is 34.1 Å². The number of hydrogen-bond acceptors (Lipinski definition) is 4. The molecule has 1 aromatic carbocycles. The molecule has 0 fully saturated rings. The molecule has 0 aromatic heterocycles. The largest absolute Gasteiger partial charge is 0.480 e. The number of carboxylic acid groups (broad SMARTS) is 1. The lowest BCUT2D eigenvalue weighted by molar-refractivity contribution is -0.139. The van der Waals surface area contributed by atoms with Crippen LogP contribution in [0.25, 0.3) is 0 Å². The molecular formula is C16H21NO4S. The fourth-order valence-corrected chi connectivity index (χ4v) is 3.69. The van der Waals surface area contributed by atoms with Gasteiger partial charge in [-0.1, -0.05) is 18.2 Å². The second-order valence-electron chi connectivity index (χ2n) is 6.32. The molecule has 2 unspecified atom stereocenters. The fraction of sp³-hybridized carbons (Fsp3) is 0.500. The number of aliphatic carboxylic acids is 1. The molecule has 2 rings (SSSR count). The minimum absolute atomic E-state index is 0.147. The Bertz CT molecular complexity index is 543. The first kappa shape index (κ1) is 16.7. The number of alkyl carbamates (subject to hydrolysis) is 1. The number of rotatable bonds is 4. The third kappa shape index (κ3) is 4.66. The number of thioether (sulfide) groups is 1. The summed E-state index contributed by atoms with van der Waals surface area (Å²) in [5.41, 5.74) is 0.588. The first-order chi connectivity index (χ1) is 10.2. The van der Waals surface area contributed by atoms with Crippen LogP contribution in [0.15, 0.2) is 29.2 Å². The molecule has 0 saturated carbocycles. The van der Waals surface area contributed by atoms with E-state index in [1.807, 2.05) is 18.2 Å². The predicted molar refractivity (Wildman–Crippen MR) is 85.2 cm³/mol. The van der Waals surface area contributed by atoms with Crippen molar-refractivity contribution in [3.8, 4) is 0 Å². The molecule has 2 atom stereocenters. The van der Waals surface area contributed by atoms with E-state index in [-0.39, 0.29) is 5.25 Å². The van der Waals surface area contributed by atoms with Gasteiger partial charge in [0, 0.05) is 10.1 Å². The Morgan fingerprint density at radius 1 is 1.41 bits per heavy atom. The van der Waals surface area contributed by atoms with Gasteiger partial charge < -0.3 is 15.2 Å². The maximum atomic E-state index is 11.8. The van der Waals surface area contributed by atoms with Crippen molar-refractivity contribution in [2.24, 2.45) is 0 Å². The van der Waals surface area contributed by atoms with Crippen molar-refractivity contribution in [2.45, 2.75) is 55.4 Å². The third-order valence-electron chi connectivity index (χ3n) is 3.20. The second-order valence-corrected chi connectivity index (χ2v) is 7.67. The lowest BCUT2D eigenvalue weighted by Gasteiger charge is -2.23. The zero-order chi connectivity index (χ0) is 16.3. The highest BCUT2D eigenvalue weighted by Crippen LogP contribution is 2.38. The first-order valence-electron chi connectivity index (χ1n) is 7.21. The lowest BCUT2D eigenvalue weighted by atomic mass is 10.0. The van der Waals surface area contributed by atoms with Crippen LogP contribution in [0, 0.1) is 0 Å². The molecule has 0 radical (unpaired) electrons. The molecule has 22 heavy (non-hydrogen) atoms. The van der Waals surface area contributed by atoms with Gasteiger partial charge in [-0.25, -0.2) is 9.59 Å². The van der Waals surface area contributed by atoms with Gasteiger partial charge >= 0.3 is 12.1 Å². The van der Waals surface area contributed by atoms with Gasteiger partial charge in [0.25, 0.3) is 0 Å². The van der Waals surface area contributed by atoms with Gasteiger partial charge in [-0.05, 0) is 45.2 Å². The lowest BCUT2D eigenvalue weighted by Crippen LogP contribution is -2.44. The summed E-state index contributed by atoms with van der Waals surface area (Å²) < 4.78 is 5.12. The van der Waals surface area contributed by atoms with E-state index >= 15 is 0 Å². The van der Waals surface area contributed by atoms with E-state index in [4.69, 9.17) is 4.74 Å². The summed E-state index contributed by atoms with van der Waals surface area (Å²) in [4.78, 5) is 24.3. The van der Waals surface area contributed by atoms with E-state index in [0.717, 1.165) is 6.42 Å². The number of benzene rings is 1. The number of amides is 1. The molecule has 120 valence electrons. The van der Waals surface area contributed by atoms with E-state index < -0.39 is 23.7 Å². The minimum Gasteiger partial charge on any atom is -0.480 e. The normalized spacial score (nSPS) is 18.4. The quantitative estimate of drug-likeness (QED) is 0.890. The summed E-state index contributed by atoms with van der Waals surface area (Å²) in [7, 11) is 0. The highest BCUT2D eigenvalue weighted by Gasteiger charge is 2.30. The molecule has 5 nitrogen and oxygen atoms in total. The van der Waals surface area contributed by atoms with Crippen molar-refractivity contribution in [1.82, 2.24) is 5.32 Å². The van der Waals surface area contributed by atoms with Crippen LogP contribution in [0.4, 0.5) is 4.79 Å². The highest BCUT2D eigenvalue weighted by atomic mass is 32.2. The maximum Gasteiger partial charge on any atom is 0.408 e. The Labute approximate surface area is 134 Å². The van der Waals surface area contributed by atoms with Crippen molar-refractivity contribution in [2.75, 3.05) is 0 Å². The number of nitrogens with one attached hydrogen (secondary N) is 1. The van der Waals surface area contributed by atoms with Crippen LogP contribution in [0.2, 0.25) is 0 Å². The molecule has 2 N–H and O–H groups in total. The molecule has 1 amide bonds. The van der Waals surface area contributed by atoms with E-state index in [1.54, 1.807) is 32.5 Å². The van der Waals surface area contributed by atoms with Gasteiger partial charge in [0.1, 0.15) is 11.6 Å². The van der Waals surface area contributed by atoms with Crippen molar-refractivity contribution in [3.63, 3.8) is 0 Å². The van der Waals surface area contributed by atoms with Gasteiger partial charge in [0.2, 0.25) is 0 Å². The summed E-state index contributed by atoms with van der Waals surface area (Å²) in [5, 5.41) is 11.9. The molecule has 1 aliphatic heterocycles. The summed E-state index contributed by atoms with van der Waals surface area (Å²) in [6, 6.07) is 7.11. The number of carbonyl (C=O) groups is 2. The van der Waals surface area contributed by atoms with E-state index in [0.29, 0.717) is 6.42 Å². The molecule has 0 saturated heterocycles. The van der Waals surface area contributed by atoms with Crippen molar-refractivity contribution in [1.29, 1.82) is 0 Å². The fourth-order valence-electron chi connectivity index (χ4n) is 2.32. The van der Waals surface area contributed by atoms with Crippen LogP contribution >= 0.6 is 11.8 Å². The SMILES string of the molecule is CC(C)(C)OC(=O)NC(CC1Cc2ccccc2S1)C(=O)O. The second kappa shape index (κ2) is 6.60. The van der Waals surface area contributed by atoms with Crippen molar-refractivity contribution < 1.29 is 19.4 Å². The first-order valence-corrected chi connectivity index (χ1v) is 8.09. The molecule has 1 aromatic rings. The summed E-state index contributed by atoms with van der Waals surface area (Å²) in [6.07, 6.45) is 0.495. The standard InChI is InChI=1S/C16H21NO4S/c1-16(2,3)21-15(20)17-12(14(18)19)9-11-8-10-6-4-5-7-13(10)22-11/h4-7,11-12H,8-9H2,1-3H3,(H,17,20)(H,18,19). The number of carbonyl (C=O) groups excluding carboxylic acids is 1. The molecule has 0 spiro atoms. The molecule has 6 heteroatoms. The van der Waals surface area contributed by atoms with Crippen LogP contribution < -0.4 is 5.32 Å². The van der Waals surface area contributed by atoms with Crippen molar-refractivity contribution >= 4 is 23.8 Å². The zero-order valence-electron chi connectivity index (χ0n) is 13.0. The topological polar surface area (TPSA) is 75.6 Å². The Balaban J connectivity index is 1.94. The Morgan fingerprint density at radius 3 is 2.68 bits per heavy atom. The highest BCUT2D eigenvalue weighted by molar-refractivity contribution is 8.00.